The Kier molecular flexibility index (Phi) is 5.15. The first-order valence-electron chi connectivity index (χ1n) is 7.70. The van der Waals surface area contributed by atoms with Gasteiger partial charge in [-0.1, -0.05) is 28.1 Å². The summed E-state index contributed by atoms with van der Waals surface area (Å²) in [4.78, 5) is 26.1. The molecule has 6 heteroatoms. The van der Waals surface area contributed by atoms with Crippen molar-refractivity contribution in [3.05, 3.63) is 58.6 Å². The van der Waals surface area contributed by atoms with E-state index in [0.29, 0.717) is 17.0 Å². The van der Waals surface area contributed by atoms with E-state index in [-0.39, 0.29) is 18.4 Å². The SMILES string of the molecule is O=C(COc1ccccc1C(=O)N1CCC1)Nc1ccc(Br)cc1. The minimum atomic E-state index is -0.275. The van der Waals surface area contributed by atoms with E-state index < -0.39 is 0 Å². The first-order chi connectivity index (χ1) is 11.6. The number of nitrogens with one attached hydrogen (secondary N) is 1. The third-order valence-electron chi connectivity index (χ3n) is 3.75. The summed E-state index contributed by atoms with van der Waals surface area (Å²) in [7, 11) is 0. The van der Waals surface area contributed by atoms with E-state index in [1.54, 1.807) is 41.3 Å². The van der Waals surface area contributed by atoms with Gasteiger partial charge >= 0.3 is 0 Å². The molecule has 1 heterocycles. The molecule has 124 valence electrons. The molecule has 1 N–H and O–H groups in total. The van der Waals surface area contributed by atoms with Gasteiger partial charge in [0.05, 0.1) is 5.56 Å². The van der Waals surface area contributed by atoms with Gasteiger partial charge in [-0.3, -0.25) is 9.59 Å². The average Bonchev–Trinajstić information content (AvgIpc) is 2.54. The van der Waals surface area contributed by atoms with Crippen molar-refractivity contribution in [2.24, 2.45) is 0 Å². The molecule has 2 amide bonds. The number of carbonyl (C=O) groups excluding carboxylic acids is 2. The second kappa shape index (κ2) is 7.49. The quantitative estimate of drug-likeness (QED) is 0.854. The number of likely N-dealkylation sites (tertiary alicyclic amines) is 1. The molecule has 0 unspecified atom stereocenters. The maximum atomic E-state index is 12.4. The van der Waals surface area contributed by atoms with Crippen molar-refractivity contribution < 1.29 is 14.3 Å². The van der Waals surface area contributed by atoms with E-state index in [4.69, 9.17) is 4.74 Å². The molecule has 3 rings (SSSR count). The van der Waals surface area contributed by atoms with Gasteiger partial charge in [0.1, 0.15) is 5.75 Å². The highest BCUT2D eigenvalue weighted by Gasteiger charge is 2.24. The van der Waals surface area contributed by atoms with Crippen molar-refractivity contribution in [3.8, 4) is 5.75 Å². The highest BCUT2D eigenvalue weighted by atomic mass is 79.9. The van der Waals surface area contributed by atoms with Crippen LogP contribution in [0.25, 0.3) is 0 Å². The number of amides is 2. The number of benzene rings is 2. The van der Waals surface area contributed by atoms with E-state index in [9.17, 15) is 9.59 Å². The van der Waals surface area contributed by atoms with Gasteiger partial charge in [0, 0.05) is 23.2 Å². The van der Waals surface area contributed by atoms with E-state index in [1.165, 1.54) is 0 Å². The second-order valence-corrected chi connectivity index (χ2v) is 6.40. The van der Waals surface area contributed by atoms with Crippen LogP contribution < -0.4 is 10.1 Å². The molecule has 1 aliphatic heterocycles. The molecule has 0 atom stereocenters. The molecule has 0 radical (unpaired) electrons. The summed E-state index contributed by atoms with van der Waals surface area (Å²) < 4.78 is 6.51. The Hall–Kier alpha value is -2.34. The van der Waals surface area contributed by atoms with Crippen LogP contribution >= 0.6 is 15.9 Å². The molecule has 5 nitrogen and oxygen atoms in total. The van der Waals surface area contributed by atoms with Crippen LogP contribution in [-0.4, -0.2) is 36.4 Å². The van der Waals surface area contributed by atoms with Gasteiger partial charge < -0.3 is 15.0 Å². The van der Waals surface area contributed by atoms with Crippen molar-refractivity contribution >= 4 is 33.4 Å². The Morgan fingerprint density at radius 1 is 1.08 bits per heavy atom. The number of ether oxygens (including phenoxy) is 1. The van der Waals surface area contributed by atoms with Gasteiger partial charge in [-0.15, -0.1) is 0 Å². The van der Waals surface area contributed by atoms with Crippen molar-refractivity contribution in [1.82, 2.24) is 4.90 Å². The molecule has 1 saturated heterocycles. The molecule has 0 bridgehead atoms. The van der Waals surface area contributed by atoms with Crippen LogP contribution in [0.1, 0.15) is 16.8 Å². The first-order valence-corrected chi connectivity index (χ1v) is 8.49. The standard InChI is InChI=1S/C18H17BrN2O3/c19-13-6-8-14(9-7-13)20-17(22)12-24-16-5-2-1-4-15(16)18(23)21-10-3-11-21/h1-2,4-9H,3,10-12H2,(H,20,22). The van der Waals surface area contributed by atoms with Crippen LogP contribution in [0.2, 0.25) is 0 Å². The minimum Gasteiger partial charge on any atom is -0.483 e. The second-order valence-electron chi connectivity index (χ2n) is 5.49. The maximum Gasteiger partial charge on any atom is 0.262 e. The highest BCUT2D eigenvalue weighted by Crippen LogP contribution is 2.22. The number of nitrogens with zero attached hydrogens (tertiary/aromatic N) is 1. The zero-order valence-corrected chi connectivity index (χ0v) is 14.6. The van der Waals surface area contributed by atoms with Gasteiger partial charge in [-0.05, 0) is 42.8 Å². The van der Waals surface area contributed by atoms with Gasteiger partial charge in [0.2, 0.25) is 0 Å². The lowest BCUT2D eigenvalue weighted by molar-refractivity contribution is -0.118. The number of para-hydroxylation sites is 1. The lowest BCUT2D eigenvalue weighted by Crippen LogP contribution is -2.42. The molecule has 0 saturated carbocycles. The fraction of sp³-hybridized carbons (Fsp3) is 0.222. The normalized spacial score (nSPS) is 13.1. The highest BCUT2D eigenvalue weighted by molar-refractivity contribution is 9.10. The van der Waals surface area contributed by atoms with Gasteiger partial charge in [-0.25, -0.2) is 0 Å². The van der Waals surface area contributed by atoms with Crippen molar-refractivity contribution in [3.63, 3.8) is 0 Å². The Morgan fingerprint density at radius 2 is 1.79 bits per heavy atom. The van der Waals surface area contributed by atoms with Crippen molar-refractivity contribution in [2.45, 2.75) is 6.42 Å². The summed E-state index contributed by atoms with van der Waals surface area (Å²) in [5.41, 5.74) is 1.19. The number of hydrogen-bond donors (Lipinski definition) is 1. The Balaban J connectivity index is 1.60. The lowest BCUT2D eigenvalue weighted by Gasteiger charge is -2.31. The Bertz CT molecular complexity index is 742. The number of anilines is 1. The fourth-order valence-corrected chi connectivity index (χ4v) is 2.60. The van der Waals surface area contributed by atoms with Crippen LogP contribution in [0.3, 0.4) is 0 Å². The molecule has 2 aromatic carbocycles. The molecule has 0 aliphatic carbocycles. The molecule has 24 heavy (non-hydrogen) atoms. The average molecular weight is 389 g/mol. The fourth-order valence-electron chi connectivity index (χ4n) is 2.33. The number of carbonyl (C=O) groups is 2. The van der Waals surface area contributed by atoms with E-state index in [2.05, 4.69) is 21.2 Å². The topological polar surface area (TPSA) is 58.6 Å². The van der Waals surface area contributed by atoms with E-state index in [0.717, 1.165) is 24.0 Å². The summed E-state index contributed by atoms with van der Waals surface area (Å²) in [6.07, 6.45) is 1.03. The lowest BCUT2D eigenvalue weighted by atomic mass is 10.1. The summed E-state index contributed by atoms with van der Waals surface area (Å²) in [6, 6.07) is 14.3. The zero-order valence-electron chi connectivity index (χ0n) is 13.0. The van der Waals surface area contributed by atoms with E-state index in [1.807, 2.05) is 12.1 Å². The van der Waals surface area contributed by atoms with Crippen molar-refractivity contribution in [1.29, 1.82) is 0 Å². The Morgan fingerprint density at radius 3 is 2.46 bits per heavy atom. The molecule has 0 aromatic heterocycles. The van der Waals surface area contributed by atoms with Gasteiger partial charge in [-0.2, -0.15) is 0 Å². The molecule has 0 spiro atoms. The van der Waals surface area contributed by atoms with Crippen molar-refractivity contribution in [2.75, 3.05) is 25.0 Å². The number of halogens is 1. The molecular weight excluding hydrogens is 372 g/mol. The van der Waals surface area contributed by atoms with Crippen LogP contribution in [0.15, 0.2) is 53.0 Å². The summed E-state index contributed by atoms with van der Waals surface area (Å²) >= 11 is 3.34. The minimum absolute atomic E-state index is 0.0508. The molecule has 1 fully saturated rings. The predicted molar refractivity (Wildman–Crippen MR) is 95.2 cm³/mol. The smallest absolute Gasteiger partial charge is 0.262 e. The summed E-state index contributed by atoms with van der Waals surface area (Å²) in [5.74, 6) is 0.106. The van der Waals surface area contributed by atoms with Crippen LogP contribution in [0, 0.1) is 0 Å². The predicted octanol–water partition coefficient (Wildman–Crippen LogP) is 3.31. The van der Waals surface area contributed by atoms with E-state index >= 15 is 0 Å². The third kappa shape index (κ3) is 3.94. The Labute approximate surface area is 148 Å². The van der Waals surface area contributed by atoms with Crippen LogP contribution in [-0.2, 0) is 4.79 Å². The largest absolute Gasteiger partial charge is 0.483 e. The summed E-state index contributed by atoms with van der Waals surface area (Å²) in [6.45, 7) is 1.40. The van der Waals surface area contributed by atoms with Crippen LogP contribution in [0.4, 0.5) is 5.69 Å². The maximum absolute atomic E-state index is 12.4. The first kappa shape index (κ1) is 16.5. The van der Waals surface area contributed by atoms with Gasteiger partial charge in [0.15, 0.2) is 6.61 Å². The number of hydrogen-bond acceptors (Lipinski definition) is 3. The summed E-state index contributed by atoms with van der Waals surface area (Å²) in [5, 5.41) is 2.75. The molecule has 1 aliphatic rings. The van der Waals surface area contributed by atoms with Crippen LogP contribution in [0.5, 0.6) is 5.75 Å². The molecule has 2 aromatic rings. The monoisotopic (exact) mass is 388 g/mol. The third-order valence-corrected chi connectivity index (χ3v) is 4.28. The zero-order chi connectivity index (χ0) is 16.9. The molecular formula is C18H17BrN2O3. The number of rotatable bonds is 5. The van der Waals surface area contributed by atoms with Gasteiger partial charge in [0.25, 0.3) is 11.8 Å².